The zero-order chi connectivity index (χ0) is 10.8. The van der Waals surface area contributed by atoms with Crippen LogP contribution in [0.1, 0.15) is 18.6 Å². The highest BCUT2D eigenvalue weighted by Gasteiger charge is 2.21. The van der Waals surface area contributed by atoms with Crippen molar-refractivity contribution in [2.45, 2.75) is 32.5 Å². The molecular weight excluding hydrogens is 192 g/mol. The number of nitrogens with zero attached hydrogens (tertiary/aromatic N) is 4. The Hall–Kier alpha value is -0.940. The summed E-state index contributed by atoms with van der Waals surface area (Å²) in [5.41, 5.74) is 0. The SMILES string of the molecule is COCc1nnc2n1CCN(C)[C@H](C)C2. The number of likely N-dealkylation sites (N-methyl/N-ethyl adjacent to an activating group) is 1. The molecule has 1 atom stereocenters. The number of methoxy groups -OCH3 is 1. The van der Waals surface area contributed by atoms with Crippen molar-refractivity contribution in [3.05, 3.63) is 11.6 Å². The van der Waals surface area contributed by atoms with Crippen LogP contribution in [-0.4, -0.2) is 46.4 Å². The number of hydrogen-bond donors (Lipinski definition) is 0. The lowest BCUT2D eigenvalue weighted by molar-refractivity contribution is 0.173. The van der Waals surface area contributed by atoms with Crippen molar-refractivity contribution in [2.24, 2.45) is 0 Å². The van der Waals surface area contributed by atoms with E-state index in [1.807, 2.05) is 0 Å². The van der Waals surface area contributed by atoms with Crippen LogP contribution in [0.3, 0.4) is 0 Å². The molecule has 5 heteroatoms. The molecule has 0 unspecified atom stereocenters. The predicted molar refractivity (Wildman–Crippen MR) is 56.5 cm³/mol. The summed E-state index contributed by atoms with van der Waals surface area (Å²) in [5, 5.41) is 8.38. The minimum atomic E-state index is 0.533. The Morgan fingerprint density at radius 3 is 2.93 bits per heavy atom. The van der Waals surface area contributed by atoms with Gasteiger partial charge in [-0.05, 0) is 14.0 Å². The van der Waals surface area contributed by atoms with E-state index in [2.05, 4.69) is 33.6 Å². The topological polar surface area (TPSA) is 43.2 Å². The second-order valence-electron chi connectivity index (χ2n) is 4.15. The van der Waals surface area contributed by atoms with Gasteiger partial charge in [0.1, 0.15) is 12.4 Å². The Kier molecular flexibility index (Phi) is 3.02. The molecule has 0 spiro atoms. The Morgan fingerprint density at radius 1 is 1.40 bits per heavy atom. The van der Waals surface area contributed by atoms with E-state index in [-0.39, 0.29) is 0 Å². The number of hydrogen-bond acceptors (Lipinski definition) is 4. The summed E-state index contributed by atoms with van der Waals surface area (Å²) in [5.74, 6) is 2.02. The summed E-state index contributed by atoms with van der Waals surface area (Å²) in [6.07, 6.45) is 0.965. The summed E-state index contributed by atoms with van der Waals surface area (Å²) in [4.78, 5) is 2.35. The van der Waals surface area contributed by atoms with E-state index in [0.29, 0.717) is 12.6 Å². The van der Waals surface area contributed by atoms with Crippen LogP contribution in [0.25, 0.3) is 0 Å². The third kappa shape index (κ3) is 2.03. The fraction of sp³-hybridized carbons (Fsp3) is 0.800. The van der Waals surface area contributed by atoms with Crippen LogP contribution in [0.15, 0.2) is 0 Å². The minimum Gasteiger partial charge on any atom is -0.377 e. The first kappa shape index (κ1) is 10.6. The maximum Gasteiger partial charge on any atom is 0.159 e. The van der Waals surface area contributed by atoms with Gasteiger partial charge in [0.15, 0.2) is 5.82 Å². The number of rotatable bonds is 2. The average Bonchev–Trinajstić information content (AvgIpc) is 2.51. The molecule has 84 valence electrons. The van der Waals surface area contributed by atoms with Crippen LogP contribution in [0.2, 0.25) is 0 Å². The molecule has 15 heavy (non-hydrogen) atoms. The molecular formula is C10H18N4O. The molecule has 2 heterocycles. The van der Waals surface area contributed by atoms with E-state index in [4.69, 9.17) is 4.74 Å². The monoisotopic (exact) mass is 210 g/mol. The van der Waals surface area contributed by atoms with Crippen LogP contribution in [0, 0.1) is 0 Å². The molecule has 0 saturated carbocycles. The van der Waals surface area contributed by atoms with E-state index in [1.165, 1.54) is 0 Å². The van der Waals surface area contributed by atoms with Gasteiger partial charge in [-0.15, -0.1) is 10.2 Å². The highest BCUT2D eigenvalue weighted by atomic mass is 16.5. The number of aromatic nitrogens is 3. The molecule has 0 saturated heterocycles. The molecule has 0 bridgehead atoms. The lowest BCUT2D eigenvalue weighted by atomic mass is 10.2. The lowest BCUT2D eigenvalue weighted by Crippen LogP contribution is -2.30. The van der Waals surface area contributed by atoms with Crippen molar-refractivity contribution >= 4 is 0 Å². The standard InChI is InChI=1S/C10H18N4O/c1-8-6-9-11-12-10(7-15-3)14(9)5-4-13(8)2/h8H,4-7H2,1-3H3/t8-/m1/s1. The molecule has 1 aliphatic rings. The van der Waals surface area contributed by atoms with Crippen LogP contribution in [0.4, 0.5) is 0 Å². The van der Waals surface area contributed by atoms with Gasteiger partial charge in [-0.2, -0.15) is 0 Å². The third-order valence-corrected chi connectivity index (χ3v) is 3.08. The number of ether oxygens (including phenoxy) is 1. The third-order valence-electron chi connectivity index (χ3n) is 3.08. The summed E-state index contributed by atoms with van der Waals surface area (Å²) in [7, 11) is 3.84. The van der Waals surface area contributed by atoms with E-state index in [0.717, 1.165) is 31.2 Å². The molecule has 0 radical (unpaired) electrons. The number of fused-ring (bicyclic) bond motifs is 1. The smallest absolute Gasteiger partial charge is 0.159 e. The first-order valence-corrected chi connectivity index (χ1v) is 5.32. The van der Waals surface area contributed by atoms with Crippen LogP contribution >= 0.6 is 0 Å². The first-order chi connectivity index (χ1) is 7.22. The Morgan fingerprint density at radius 2 is 2.20 bits per heavy atom. The van der Waals surface area contributed by atoms with Gasteiger partial charge in [-0.1, -0.05) is 0 Å². The molecule has 1 aromatic heterocycles. The molecule has 0 aliphatic carbocycles. The van der Waals surface area contributed by atoms with Crippen LogP contribution in [0.5, 0.6) is 0 Å². The maximum atomic E-state index is 5.11. The second kappa shape index (κ2) is 4.28. The van der Waals surface area contributed by atoms with Gasteiger partial charge >= 0.3 is 0 Å². The summed E-state index contributed by atoms with van der Waals surface area (Å²) < 4.78 is 7.29. The van der Waals surface area contributed by atoms with Crippen molar-refractivity contribution in [3.8, 4) is 0 Å². The van der Waals surface area contributed by atoms with Gasteiger partial charge in [-0.25, -0.2) is 0 Å². The molecule has 0 fully saturated rings. The molecule has 0 aromatic carbocycles. The Balaban J connectivity index is 2.23. The van der Waals surface area contributed by atoms with E-state index < -0.39 is 0 Å². The molecule has 1 aliphatic heterocycles. The zero-order valence-corrected chi connectivity index (χ0v) is 9.60. The van der Waals surface area contributed by atoms with E-state index >= 15 is 0 Å². The first-order valence-electron chi connectivity index (χ1n) is 5.32. The summed E-state index contributed by atoms with van der Waals surface area (Å²) in [6, 6.07) is 0.533. The van der Waals surface area contributed by atoms with Gasteiger partial charge in [0.25, 0.3) is 0 Å². The van der Waals surface area contributed by atoms with Gasteiger partial charge < -0.3 is 14.2 Å². The largest absolute Gasteiger partial charge is 0.377 e. The molecule has 0 amide bonds. The van der Waals surface area contributed by atoms with Crippen LogP contribution in [-0.2, 0) is 24.3 Å². The Labute approximate surface area is 90.0 Å². The minimum absolute atomic E-state index is 0.533. The Bertz CT molecular complexity index is 336. The average molecular weight is 210 g/mol. The fourth-order valence-electron chi connectivity index (χ4n) is 1.92. The van der Waals surface area contributed by atoms with Gasteiger partial charge in [0.2, 0.25) is 0 Å². The molecule has 1 aromatic rings. The van der Waals surface area contributed by atoms with E-state index in [9.17, 15) is 0 Å². The van der Waals surface area contributed by atoms with Crippen molar-refractivity contribution < 1.29 is 4.74 Å². The predicted octanol–water partition coefficient (Wildman–Crippen LogP) is 0.301. The summed E-state index contributed by atoms with van der Waals surface area (Å²) >= 11 is 0. The summed E-state index contributed by atoms with van der Waals surface area (Å²) in [6.45, 7) is 4.77. The zero-order valence-electron chi connectivity index (χ0n) is 9.60. The van der Waals surface area contributed by atoms with E-state index in [1.54, 1.807) is 7.11 Å². The van der Waals surface area contributed by atoms with Gasteiger partial charge in [0.05, 0.1) is 0 Å². The molecule has 0 N–H and O–H groups in total. The fourth-order valence-corrected chi connectivity index (χ4v) is 1.92. The highest BCUT2D eigenvalue weighted by Crippen LogP contribution is 2.13. The normalized spacial score (nSPS) is 22.5. The van der Waals surface area contributed by atoms with Gasteiger partial charge in [0, 0.05) is 32.7 Å². The molecule has 2 rings (SSSR count). The molecule has 5 nitrogen and oxygen atoms in total. The van der Waals surface area contributed by atoms with Gasteiger partial charge in [-0.3, -0.25) is 0 Å². The quantitative estimate of drug-likeness (QED) is 0.704. The highest BCUT2D eigenvalue weighted by molar-refractivity contribution is 4.99. The van der Waals surface area contributed by atoms with Crippen molar-refractivity contribution in [1.29, 1.82) is 0 Å². The van der Waals surface area contributed by atoms with Crippen molar-refractivity contribution in [2.75, 3.05) is 20.7 Å². The van der Waals surface area contributed by atoms with Crippen LogP contribution < -0.4 is 0 Å². The van der Waals surface area contributed by atoms with Crippen molar-refractivity contribution in [1.82, 2.24) is 19.7 Å². The second-order valence-corrected chi connectivity index (χ2v) is 4.15. The lowest BCUT2D eigenvalue weighted by Gasteiger charge is -2.20. The maximum absolute atomic E-state index is 5.11. The van der Waals surface area contributed by atoms with Crippen molar-refractivity contribution in [3.63, 3.8) is 0 Å².